The van der Waals surface area contributed by atoms with E-state index >= 15 is 0 Å². The van der Waals surface area contributed by atoms with Crippen molar-refractivity contribution in [3.8, 4) is 22.6 Å². The molecule has 0 aliphatic rings. The predicted molar refractivity (Wildman–Crippen MR) is 113 cm³/mol. The zero-order valence-electron chi connectivity index (χ0n) is 17.7. The van der Waals surface area contributed by atoms with Crippen molar-refractivity contribution >= 4 is 6.29 Å². The van der Waals surface area contributed by atoms with Crippen LogP contribution in [0.15, 0.2) is 18.2 Å². The lowest BCUT2D eigenvalue weighted by atomic mass is 9.82. The average Bonchev–Trinajstić information content (AvgIpc) is 2.64. The largest absolute Gasteiger partial charge is 0.497 e. The first kappa shape index (κ1) is 21.0. The van der Waals surface area contributed by atoms with Gasteiger partial charge in [-0.2, -0.15) is 0 Å². The highest BCUT2D eigenvalue weighted by atomic mass is 16.5. The zero-order chi connectivity index (χ0) is 20.1. The van der Waals surface area contributed by atoms with Gasteiger partial charge in [0.05, 0.1) is 14.2 Å². The molecule has 0 saturated carbocycles. The third kappa shape index (κ3) is 4.18. The number of aldehydes is 1. The minimum atomic E-state index is 0.231. The molecule has 3 heteroatoms. The van der Waals surface area contributed by atoms with Gasteiger partial charge in [-0.15, -0.1) is 0 Å². The van der Waals surface area contributed by atoms with Crippen molar-refractivity contribution in [2.45, 2.75) is 59.8 Å². The number of aryl methyl sites for hydroxylation is 3. The van der Waals surface area contributed by atoms with Crippen LogP contribution in [-0.2, 0) is 6.42 Å². The van der Waals surface area contributed by atoms with Crippen LogP contribution in [-0.4, -0.2) is 20.5 Å². The molecule has 0 unspecified atom stereocenters. The van der Waals surface area contributed by atoms with Crippen LogP contribution in [0.4, 0.5) is 0 Å². The Hall–Kier alpha value is -2.29. The number of benzene rings is 2. The second-order valence-electron chi connectivity index (χ2n) is 7.45. The minimum Gasteiger partial charge on any atom is -0.497 e. The first-order chi connectivity index (χ1) is 12.9. The van der Waals surface area contributed by atoms with Crippen molar-refractivity contribution in [1.82, 2.24) is 0 Å². The first-order valence-corrected chi connectivity index (χ1v) is 9.74. The van der Waals surface area contributed by atoms with E-state index in [4.69, 9.17) is 9.47 Å². The number of methoxy groups -OCH3 is 2. The number of carbonyl (C=O) groups is 1. The van der Waals surface area contributed by atoms with Gasteiger partial charge in [-0.1, -0.05) is 27.2 Å². The van der Waals surface area contributed by atoms with Gasteiger partial charge in [-0.25, -0.2) is 0 Å². The number of hydrogen-bond acceptors (Lipinski definition) is 3. The van der Waals surface area contributed by atoms with Crippen molar-refractivity contribution in [3.63, 3.8) is 0 Å². The minimum absolute atomic E-state index is 0.231. The molecule has 0 aliphatic carbocycles. The van der Waals surface area contributed by atoms with Gasteiger partial charge in [0.2, 0.25) is 0 Å². The summed E-state index contributed by atoms with van der Waals surface area (Å²) in [6.45, 7) is 10.6. The molecule has 0 aromatic heterocycles. The van der Waals surface area contributed by atoms with Crippen LogP contribution in [0.3, 0.4) is 0 Å². The van der Waals surface area contributed by atoms with Crippen LogP contribution in [0.2, 0.25) is 0 Å². The summed E-state index contributed by atoms with van der Waals surface area (Å²) in [7, 11) is 3.39. The molecular formula is C24H32O3. The molecular weight excluding hydrogens is 336 g/mol. The Morgan fingerprint density at radius 3 is 2.07 bits per heavy atom. The molecule has 2 rings (SSSR count). The van der Waals surface area contributed by atoms with Gasteiger partial charge in [0, 0.05) is 16.7 Å². The van der Waals surface area contributed by atoms with Crippen LogP contribution in [0, 0.1) is 13.8 Å². The maximum Gasteiger partial charge on any atom is 0.150 e. The molecule has 3 nitrogen and oxygen atoms in total. The summed E-state index contributed by atoms with van der Waals surface area (Å²) in [5.41, 5.74) is 7.29. The lowest BCUT2D eigenvalue weighted by Gasteiger charge is -2.24. The monoisotopic (exact) mass is 368 g/mol. The third-order valence-electron chi connectivity index (χ3n) is 5.16. The fourth-order valence-electron chi connectivity index (χ4n) is 3.90. The number of ether oxygens (including phenoxy) is 2. The van der Waals surface area contributed by atoms with E-state index in [1.807, 2.05) is 12.1 Å². The zero-order valence-corrected chi connectivity index (χ0v) is 17.7. The Balaban J connectivity index is 2.93. The molecule has 0 aliphatic heterocycles. The molecule has 2 aromatic carbocycles. The molecule has 0 spiro atoms. The van der Waals surface area contributed by atoms with Crippen molar-refractivity contribution < 1.29 is 14.3 Å². The molecule has 0 amide bonds. The fraction of sp³-hybridized carbons (Fsp3) is 0.458. The van der Waals surface area contributed by atoms with Crippen LogP contribution < -0.4 is 9.47 Å². The van der Waals surface area contributed by atoms with Gasteiger partial charge in [0.15, 0.2) is 6.29 Å². The second kappa shape index (κ2) is 9.07. The van der Waals surface area contributed by atoms with Gasteiger partial charge in [-0.05, 0) is 73.1 Å². The van der Waals surface area contributed by atoms with Crippen LogP contribution in [0.5, 0.6) is 11.5 Å². The normalized spacial score (nSPS) is 11.0. The van der Waals surface area contributed by atoms with Crippen molar-refractivity contribution in [2.75, 3.05) is 14.2 Å². The molecule has 0 heterocycles. The molecule has 27 heavy (non-hydrogen) atoms. The predicted octanol–water partition coefficient (Wildman–Crippen LogP) is 6.27. The number of unbranched alkanes of at least 4 members (excludes halogenated alkanes) is 1. The maximum absolute atomic E-state index is 12.2. The molecule has 146 valence electrons. The van der Waals surface area contributed by atoms with Gasteiger partial charge in [0.1, 0.15) is 11.5 Å². The summed E-state index contributed by atoms with van der Waals surface area (Å²) < 4.78 is 11.2. The van der Waals surface area contributed by atoms with E-state index < -0.39 is 0 Å². The highest BCUT2D eigenvalue weighted by Gasteiger charge is 2.24. The van der Waals surface area contributed by atoms with E-state index in [9.17, 15) is 4.79 Å². The Kier molecular flexibility index (Phi) is 7.06. The lowest BCUT2D eigenvalue weighted by molar-refractivity contribution is 0.112. The van der Waals surface area contributed by atoms with Gasteiger partial charge >= 0.3 is 0 Å². The van der Waals surface area contributed by atoms with Crippen molar-refractivity contribution in [1.29, 1.82) is 0 Å². The summed E-state index contributed by atoms with van der Waals surface area (Å²) in [6.07, 6.45) is 4.03. The highest BCUT2D eigenvalue weighted by molar-refractivity contribution is 5.94. The van der Waals surface area contributed by atoms with Gasteiger partial charge in [0.25, 0.3) is 0 Å². The van der Waals surface area contributed by atoms with E-state index in [1.165, 1.54) is 0 Å². The topological polar surface area (TPSA) is 35.5 Å². The van der Waals surface area contributed by atoms with E-state index in [1.54, 1.807) is 14.2 Å². The quantitative estimate of drug-likeness (QED) is 0.515. The third-order valence-corrected chi connectivity index (χ3v) is 5.16. The first-order valence-electron chi connectivity index (χ1n) is 9.74. The van der Waals surface area contributed by atoms with E-state index in [0.717, 1.165) is 76.0 Å². The summed E-state index contributed by atoms with van der Waals surface area (Å²) >= 11 is 0. The molecule has 0 bridgehead atoms. The highest BCUT2D eigenvalue weighted by Crippen LogP contribution is 2.43. The van der Waals surface area contributed by atoms with Crippen molar-refractivity contribution in [3.05, 3.63) is 46.0 Å². The number of rotatable bonds is 8. The Morgan fingerprint density at radius 1 is 1.00 bits per heavy atom. The summed E-state index contributed by atoms with van der Waals surface area (Å²) in [5.74, 6) is 1.93. The SMILES string of the molecule is CCCCc1cc(OC)c(C(C)C)c(-c2c(C)cc(OC)cc2C)c1C=O. The van der Waals surface area contributed by atoms with E-state index in [0.29, 0.717) is 0 Å². The van der Waals surface area contributed by atoms with Crippen LogP contribution in [0.25, 0.3) is 11.1 Å². The molecule has 0 N–H and O–H groups in total. The standard InChI is InChI=1S/C24H32O3/c1-8-9-10-18-13-21(27-7)22(15(2)3)24(20(18)14-25)23-16(4)11-19(26-6)12-17(23)5/h11-15H,8-10H2,1-7H3. The Morgan fingerprint density at radius 2 is 1.63 bits per heavy atom. The lowest BCUT2D eigenvalue weighted by Crippen LogP contribution is -2.07. The van der Waals surface area contributed by atoms with Gasteiger partial charge in [-0.3, -0.25) is 4.79 Å². The molecule has 0 saturated heterocycles. The maximum atomic E-state index is 12.2. The summed E-state index contributed by atoms with van der Waals surface area (Å²) in [5, 5.41) is 0. The van der Waals surface area contributed by atoms with E-state index in [-0.39, 0.29) is 5.92 Å². The summed E-state index contributed by atoms with van der Waals surface area (Å²) in [4.78, 5) is 12.2. The Bertz CT molecular complexity index is 796. The molecule has 2 aromatic rings. The molecule has 0 radical (unpaired) electrons. The summed E-state index contributed by atoms with van der Waals surface area (Å²) in [6, 6.07) is 6.13. The van der Waals surface area contributed by atoms with Gasteiger partial charge < -0.3 is 9.47 Å². The Labute approximate surface area is 163 Å². The van der Waals surface area contributed by atoms with E-state index in [2.05, 4.69) is 40.7 Å². The number of carbonyl (C=O) groups excluding carboxylic acids is 1. The van der Waals surface area contributed by atoms with Crippen LogP contribution >= 0.6 is 0 Å². The average molecular weight is 369 g/mol. The smallest absolute Gasteiger partial charge is 0.150 e. The fourth-order valence-corrected chi connectivity index (χ4v) is 3.90. The molecule has 0 fully saturated rings. The van der Waals surface area contributed by atoms with Crippen molar-refractivity contribution in [2.24, 2.45) is 0 Å². The van der Waals surface area contributed by atoms with Crippen LogP contribution in [0.1, 0.15) is 72.1 Å². The number of hydrogen-bond donors (Lipinski definition) is 0. The molecule has 0 atom stereocenters. The second-order valence-corrected chi connectivity index (χ2v) is 7.45.